The minimum Gasteiger partial charge on any atom is -0.252 e. The van der Waals surface area contributed by atoms with Gasteiger partial charge in [0.2, 0.25) is 0 Å². The molecule has 1 aromatic carbocycles. The van der Waals surface area contributed by atoms with Crippen molar-refractivity contribution in [2.75, 3.05) is 6.61 Å². The largest absolute Gasteiger partial charge is 0.252 e. The summed E-state index contributed by atoms with van der Waals surface area (Å²) in [5.74, 6) is 0.321. The van der Waals surface area contributed by atoms with Crippen LogP contribution in [-0.2, 0) is 4.89 Å². The minimum absolute atomic E-state index is 0.321. The van der Waals surface area contributed by atoms with Gasteiger partial charge in [0.15, 0.2) is 0 Å². The van der Waals surface area contributed by atoms with Crippen LogP contribution < -0.4 is 0 Å². The number of benzene rings is 1. The van der Waals surface area contributed by atoms with Crippen molar-refractivity contribution in [2.24, 2.45) is 0 Å². The van der Waals surface area contributed by atoms with E-state index in [9.17, 15) is 0 Å². The first-order chi connectivity index (χ1) is 9.38. The summed E-state index contributed by atoms with van der Waals surface area (Å²) in [5, 5.41) is 8.70. The zero-order valence-corrected chi connectivity index (χ0v) is 12.2. The van der Waals surface area contributed by atoms with E-state index in [1.807, 2.05) is 18.2 Å². The second kappa shape index (κ2) is 11.0. The Morgan fingerprint density at radius 1 is 0.947 bits per heavy atom. The highest BCUT2D eigenvalue weighted by Gasteiger charge is 2.11. The molecular weight excluding hydrogens is 236 g/mol. The van der Waals surface area contributed by atoms with Crippen molar-refractivity contribution in [3.63, 3.8) is 0 Å². The van der Waals surface area contributed by atoms with Crippen molar-refractivity contribution in [2.45, 2.75) is 64.2 Å². The Hall–Kier alpha value is -0.860. The van der Waals surface area contributed by atoms with E-state index in [4.69, 9.17) is 5.26 Å². The number of hydrogen-bond acceptors (Lipinski definition) is 2. The van der Waals surface area contributed by atoms with Crippen molar-refractivity contribution < 1.29 is 10.1 Å². The fourth-order valence-electron chi connectivity index (χ4n) is 2.51. The molecule has 0 fully saturated rings. The van der Waals surface area contributed by atoms with Crippen LogP contribution in [0.25, 0.3) is 0 Å². The molecule has 2 heteroatoms. The smallest absolute Gasteiger partial charge is 0.0888 e. The fourth-order valence-corrected chi connectivity index (χ4v) is 2.51. The van der Waals surface area contributed by atoms with Gasteiger partial charge in [0.1, 0.15) is 0 Å². The number of unbranched alkanes of at least 4 members (excludes halogenated alkanes) is 6. The summed E-state index contributed by atoms with van der Waals surface area (Å²) in [5.41, 5.74) is 1.27. The molecule has 19 heavy (non-hydrogen) atoms. The van der Waals surface area contributed by atoms with E-state index in [0.717, 1.165) is 6.42 Å². The van der Waals surface area contributed by atoms with Crippen LogP contribution in [0.4, 0.5) is 0 Å². The normalized spacial score (nSPS) is 12.5. The van der Waals surface area contributed by atoms with Crippen molar-refractivity contribution in [1.29, 1.82) is 0 Å². The highest BCUT2D eigenvalue weighted by atomic mass is 17.1. The predicted octanol–water partition coefficient (Wildman–Crippen LogP) is 5.40. The molecule has 0 radical (unpaired) electrons. The molecule has 0 aliphatic heterocycles. The van der Waals surface area contributed by atoms with Crippen LogP contribution in [0.3, 0.4) is 0 Å². The monoisotopic (exact) mass is 264 g/mol. The van der Waals surface area contributed by atoms with Crippen LogP contribution in [-0.4, -0.2) is 11.9 Å². The van der Waals surface area contributed by atoms with Gasteiger partial charge in [0, 0.05) is 5.92 Å². The summed E-state index contributed by atoms with van der Waals surface area (Å²) < 4.78 is 0. The molecule has 2 nitrogen and oxygen atoms in total. The molecule has 0 aromatic heterocycles. The van der Waals surface area contributed by atoms with Crippen LogP contribution in [0.5, 0.6) is 0 Å². The Morgan fingerprint density at radius 2 is 1.58 bits per heavy atom. The van der Waals surface area contributed by atoms with Gasteiger partial charge in [-0.1, -0.05) is 82.2 Å². The van der Waals surface area contributed by atoms with E-state index >= 15 is 0 Å². The zero-order valence-electron chi connectivity index (χ0n) is 12.2. The lowest BCUT2D eigenvalue weighted by molar-refractivity contribution is -0.246. The van der Waals surface area contributed by atoms with Crippen molar-refractivity contribution in [1.82, 2.24) is 0 Å². The minimum atomic E-state index is 0.321. The second-order valence-electron chi connectivity index (χ2n) is 5.31. The highest BCUT2D eigenvalue weighted by molar-refractivity contribution is 5.19. The lowest BCUT2D eigenvalue weighted by Crippen LogP contribution is -2.06. The molecule has 0 aliphatic rings. The van der Waals surface area contributed by atoms with Crippen LogP contribution in [0.2, 0.25) is 0 Å². The molecule has 0 aliphatic carbocycles. The maximum atomic E-state index is 8.70. The van der Waals surface area contributed by atoms with Gasteiger partial charge in [-0.3, -0.25) is 5.26 Å². The first kappa shape index (κ1) is 16.2. The number of rotatable bonds is 11. The Morgan fingerprint density at radius 3 is 2.21 bits per heavy atom. The molecule has 1 aromatic rings. The topological polar surface area (TPSA) is 29.5 Å². The van der Waals surface area contributed by atoms with E-state index in [-0.39, 0.29) is 0 Å². The lowest BCUT2D eigenvalue weighted by Gasteiger charge is -2.15. The van der Waals surface area contributed by atoms with Crippen LogP contribution in [0, 0.1) is 0 Å². The van der Waals surface area contributed by atoms with Gasteiger partial charge >= 0.3 is 0 Å². The third kappa shape index (κ3) is 7.34. The van der Waals surface area contributed by atoms with Crippen LogP contribution in [0.15, 0.2) is 30.3 Å². The van der Waals surface area contributed by atoms with Gasteiger partial charge in [-0.2, -0.15) is 0 Å². The maximum Gasteiger partial charge on any atom is 0.0888 e. The molecule has 1 atom stereocenters. The average molecular weight is 264 g/mol. The third-order valence-corrected chi connectivity index (χ3v) is 3.70. The summed E-state index contributed by atoms with van der Waals surface area (Å²) in [4.78, 5) is 4.37. The lowest BCUT2D eigenvalue weighted by atomic mass is 9.93. The van der Waals surface area contributed by atoms with E-state index in [2.05, 4.69) is 23.9 Å². The molecule has 0 amide bonds. The SMILES string of the molecule is CCCCCCCCCC(COO)c1ccccc1. The maximum absolute atomic E-state index is 8.70. The Bertz CT molecular complexity index is 297. The van der Waals surface area contributed by atoms with Gasteiger partial charge in [-0.25, -0.2) is 4.89 Å². The Balaban J connectivity index is 2.20. The van der Waals surface area contributed by atoms with Gasteiger partial charge < -0.3 is 0 Å². The summed E-state index contributed by atoms with van der Waals surface area (Å²) in [7, 11) is 0. The second-order valence-corrected chi connectivity index (χ2v) is 5.31. The molecule has 0 bridgehead atoms. The Labute approximate surface area is 117 Å². The van der Waals surface area contributed by atoms with Crippen molar-refractivity contribution >= 4 is 0 Å². The first-order valence-electron chi connectivity index (χ1n) is 7.69. The highest BCUT2D eigenvalue weighted by Crippen LogP contribution is 2.23. The zero-order chi connectivity index (χ0) is 13.8. The van der Waals surface area contributed by atoms with E-state index < -0.39 is 0 Å². The van der Waals surface area contributed by atoms with Crippen LogP contribution in [0.1, 0.15) is 69.8 Å². The summed E-state index contributed by atoms with van der Waals surface area (Å²) in [6, 6.07) is 10.3. The average Bonchev–Trinajstić information content (AvgIpc) is 2.46. The molecule has 1 unspecified atom stereocenters. The summed E-state index contributed by atoms with van der Waals surface area (Å²) in [6.07, 6.45) is 10.3. The van der Waals surface area contributed by atoms with Gasteiger partial charge in [-0.05, 0) is 12.0 Å². The quantitative estimate of drug-likeness (QED) is 0.329. The van der Waals surface area contributed by atoms with Gasteiger partial charge in [-0.15, -0.1) is 0 Å². The molecule has 0 heterocycles. The fraction of sp³-hybridized carbons (Fsp3) is 0.647. The van der Waals surface area contributed by atoms with Gasteiger partial charge in [0.05, 0.1) is 6.61 Å². The molecule has 1 N–H and O–H groups in total. The standard InChI is InChI=1S/C17H28O2/c1-2-3-4-5-6-7-9-14-17(15-19-18)16-12-10-8-11-13-16/h8,10-13,17-18H,2-7,9,14-15H2,1H3. The Kier molecular flexibility index (Phi) is 9.38. The van der Waals surface area contributed by atoms with E-state index in [1.54, 1.807) is 0 Å². The van der Waals surface area contributed by atoms with Crippen LogP contribution >= 0.6 is 0 Å². The number of hydrogen-bond donors (Lipinski definition) is 1. The molecule has 108 valence electrons. The third-order valence-electron chi connectivity index (χ3n) is 3.70. The summed E-state index contributed by atoms with van der Waals surface area (Å²) in [6.45, 7) is 2.65. The van der Waals surface area contributed by atoms with Crippen molar-refractivity contribution in [3.8, 4) is 0 Å². The molecule has 0 spiro atoms. The van der Waals surface area contributed by atoms with Gasteiger partial charge in [0.25, 0.3) is 0 Å². The molecule has 0 saturated carbocycles. The summed E-state index contributed by atoms with van der Waals surface area (Å²) >= 11 is 0. The molecule has 0 saturated heterocycles. The van der Waals surface area contributed by atoms with E-state index in [1.165, 1.54) is 50.5 Å². The molecule has 1 rings (SSSR count). The predicted molar refractivity (Wildman–Crippen MR) is 80.4 cm³/mol. The first-order valence-corrected chi connectivity index (χ1v) is 7.69. The van der Waals surface area contributed by atoms with Crippen molar-refractivity contribution in [3.05, 3.63) is 35.9 Å². The van der Waals surface area contributed by atoms with E-state index in [0.29, 0.717) is 12.5 Å². The molecular formula is C17H28O2.